The Morgan fingerprint density at radius 2 is 2.18 bits per heavy atom. The number of carbonyl (C=O) groups excluding carboxylic acids is 1. The monoisotopic (exact) mass is 274 g/mol. The van der Waals surface area contributed by atoms with E-state index in [1.54, 1.807) is 17.0 Å². The molecule has 1 spiro atoms. The van der Waals surface area contributed by atoms with Gasteiger partial charge in [0.15, 0.2) is 11.2 Å². The van der Waals surface area contributed by atoms with Crippen molar-refractivity contribution in [2.45, 2.75) is 11.2 Å². The van der Waals surface area contributed by atoms with Crippen molar-refractivity contribution in [3.63, 3.8) is 0 Å². The van der Waals surface area contributed by atoms with Crippen molar-refractivity contribution in [1.29, 1.82) is 0 Å². The number of nitrogens with zero attached hydrogens (tertiary/aromatic N) is 2. The largest absolute Gasteiger partial charge is 0.341 e. The van der Waals surface area contributed by atoms with Gasteiger partial charge in [-0.2, -0.15) is 0 Å². The Kier molecular flexibility index (Phi) is 2.52. The van der Waals surface area contributed by atoms with Gasteiger partial charge in [0.05, 0.1) is 19.5 Å². The number of rotatable bonds is 1. The molecule has 2 heterocycles. The molecule has 1 aromatic rings. The van der Waals surface area contributed by atoms with Gasteiger partial charge in [-0.05, 0) is 0 Å². The lowest BCUT2D eigenvalue weighted by molar-refractivity contribution is -0.131. The minimum atomic E-state index is -1.28. The van der Waals surface area contributed by atoms with Gasteiger partial charge in [0.25, 0.3) is 0 Å². The smallest absolute Gasteiger partial charge is 0.237 e. The maximum absolute atomic E-state index is 11.9. The van der Waals surface area contributed by atoms with E-state index < -0.39 is 11.2 Å². The van der Waals surface area contributed by atoms with Gasteiger partial charge in [-0.25, -0.2) is 4.98 Å². The summed E-state index contributed by atoms with van der Waals surface area (Å²) in [7, 11) is 0. The highest BCUT2D eigenvalue weighted by atomic mass is 35.5. The molecule has 1 aromatic heterocycles. The number of hydrogen-bond donors (Lipinski definition) is 0. The molecule has 0 radical (unpaired) electrons. The van der Waals surface area contributed by atoms with Gasteiger partial charge in [-0.15, -0.1) is 11.6 Å². The summed E-state index contributed by atoms with van der Waals surface area (Å²) in [6.07, 6.45) is 4.76. The molecule has 0 unspecified atom stereocenters. The maximum Gasteiger partial charge on any atom is 0.237 e. The Balaban J connectivity index is 2.17. The Morgan fingerprint density at radius 3 is 2.76 bits per heavy atom. The van der Waals surface area contributed by atoms with E-state index in [4.69, 9.17) is 32.7 Å². The lowest BCUT2D eigenvalue weighted by atomic mass is 10.2. The van der Waals surface area contributed by atoms with Gasteiger partial charge in [-0.3, -0.25) is 4.79 Å². The predicted molar refractivity (Wildman–Crippen MR) is 60.6 cm³/mol. The Hall–Kier alpha value is -0.880. The highest BCUT2D eigenvalue weighted by Crippen LogP contribution is 2.46. The first kappa shape index (κ1) is 11.2. The second kappa shape index (κ2) is 3.81. The lowest BCUT2D eigenvalue weighted by Gasteiger charge is -2.27. The van der Waals surface area contributed by atoms with Crippen molar-refractivity contribution in [3.05, 3.63) is 23.8 Å². The summed E-state index contributed by atoms with van der Waals surface area (Å²) in [5, 5.41) is -0.931. The zero-order chi connectivity index (χ0) is 12.0. The third-order valence-corrected chi connectivity index (χ3v) is 3.65. The molecular formula is C10H8Cl2N2O3. The van der Waals surface area contributed by atoms with Gasteiger partial charge in [-0.1, -0.05) is 11.6 Å². The van der Waals surface area contributed by atoms with Crippen molar-refractivity contribution in [3.8, 4) is 0 Å². The summed E-state index contributed by atoms with van der Waals surface area (Å²) in [5.41, 5.74) is 0.402. The van der Waals surface area contributed by atoms with Gasteiger partial charge < -0.3 is 14.0 Å². The van der Waals surface area contributed by atoms with Crippen LogP contribution in [0.4, 0.5) is 0 Å². The number of ether oxygens (including phenoxy) is 2. The van der Waals surface area contributed by atoms with E-state index in [1.165, 1.54) is 6.33 Å². The van der Waals surface area contributed by atoms with Crippen LogP contribution in [0.5, 0.6) is 0 Å². The number of carbonyl (C=O) groups is 1. The molecule has 7 heteroatoms. The normalized spacial score (nSPS) is 27.4. The second-order valence-corrected chi connectivity index (χ2v) is 4.54. The molecule has 0 saturated carbocycles. The van der Waals surface area contributed by atoms with Crippen molar-refractivity contribution in [2.24, 2.45) is 0 Å². The molecule has 1 atom stereocenters. The first-order chi connectivity index (χ1) is 8.17. The summed E-state index contributed by atoms with van der Waals surface area (Å²) in [6, 6.07) is 0. The number of hydrogen-bond acceptors (Lipinski definition) is 4. The molecule has 2 aliphatic rings. The average molecular weight is 275 g/mol. The maximum atomic E-state index is 11.9. The van der Waals surface area contributed by atoms with Crippen molar-refractivity contribution in [1.82, 2.24) is 9.55 Å². The number of halogens is 2. The summed E-state index contributed by atoms with van der Waals surface area (Å²) < 4.78 is 12.6. The van der Waals surface area contributed by atoms with Gasteiger partial charge in [0.2, 0.25) is 5.79 Å². The molecular weight excluding hydrogens is 267 g/mol. The van der Waals surface area contributed by atoms with Crippen LogP contribution in [0.15, 0.2) is 23.8 Å². The van der Waals surface area contributed by atoms with Crippen LogP contribution in [0.2, 0.25) is 0 Å². The molecule has 0 bridgehead atoms. The summed E-state index contributed by atoms with van der Waals surface area (Å²) in [6.45, 7) is 0.748. The number of ketones is 1. The van der Waals surface area contributed by atoms with E-state index in [-0.39, 0.29) is 10.8 Å². The van der Waals surface area contributed by atoms with Gasteiger partial charge in [0.1, 0.15) is 10.7 Å². The molecule has 1 fully saturated rings. The third kappa shape index (κ3) is 1.40. The van der Waals surface area contributed by atoms with E-state index in [2.05, 4.69) is 4.98 Å². The van der Waals surface area contributed by atoms with Crippen LogP contribution in [-0.4, -0.2) is 39.7 Å². The fraction of sp³-hybridized carbons (Fsp3) is 0.400. The zero-order valence-electron chi connectivity index (χ0n) is 8.60. The van der Waals surface area contributed by atoms with E-state index in [0.717, 1.165) is 0 Å². The van der Waals surface area contributed by atoms with Crippen LogP contribution in [0.25, 0.3) is 5.70 Å². The quantitative estimate of drug-likeness (QED) is 0.723. The van der Waals surface area contributed by atoms with E-state index >= 15 is 0 Å². The third-order valence-electron chi connectivity index (χ3n) is 2.80. The topological polar surface area (TPSA) is 53.4 Å². The minimum Gasteiger partial charge on any atom is -0.341 e. The molecule has 17 heavy (non-hydrogen) atoms. The Labute approximate surface area is 107 Å². The molecule has 0 amide bonds. The number of aromatic nitrogens is 2. The Morgan fingerprint density at radius 1 is 1.47 bits per heavy atom. The highest BCUT2D eigenvalue weighted by molar-refractivity contribution is 6.53. The first-order valence-electron chi connectivity index (χ1n) is 5.01. The molecule has 1 aliphatic heterocycles. The molecule has 3 rings (SSSR count). The summed E-state index contributed by atoms with van der Waals surface area (Å²) >= 11 is 12.1. The molecule has 5 nitrogen and oxygen atoms in total. The van der Waals surface area contributed by atoms with Crippen LogP contribution in [0, 0.1) is 0 Å². The van der Waals surface area contributed by atoms with Crippen molar-refractivity contribution >= 4 is 34.7 Å². The highest BCUT2D eigenvalue weighted by Gasteiger charge is 2.58. The first-order valence-corrected chi connectivity index (χ1v) is 5.83. The number of allylic oxidation sites excluding steroid dienone is 1. The lowest BCUT2D eigenvalue weighted by Crippen LogP contribution is -2.41. The van der Waals surface area contributed by atoms with E-state index in [9.17, 15) is 4.79 Å². The zero-order valence-corrected chi connectivity index (χ0v) is 10.1. The number of alkyl halides is 1. The molecule has 90 valence electrons. The predicted octanol–water partition coefficient (Wildman–Crippen LogP) is 1.22. The van der Waals surface area contributed by atoms with Crippen LogP contribution < -0.4 is 0 Å². The van der Waals surface area contributed by atoms with Crippen LogP contribution >= 0.6 is 23.2 Å². The molecule has 1 saturated heterocycles. The van der Waals surface area contributed by atoms with Crippen LogP contribution in [0.1, 0.15) is 0 Å². The van der Waals surface area contributed by atoms with Crippen LogP contribution in [-0.2, 0) is 14.3 Å². The molecule has 1 aliphatic carbocycles. The van der Waals surface area contributed by atoms with Crippen LogP contribution in [0.3, 0.4) is 0 Å². The summed E-state index contributed by atoms with van der Waals surface area (Å²) in [5.74, 6) is -1.67. The standard InChI is InChI=1S/C10H8Cl2N2O3/c11-6-7(15)8(12)10(16-3-4-17-10)9(6)14-2-1-13-5-14/h1-2,5,8H,3-4H2/t8-/m1/s1. The summed E-state index contributed by atoms with van der Waals surface area (Å²) in [4.78, 5) is 15.8. The molecule has 0 N–H and O–H groups in total. The van der Waals surface area contributed by atoms with E-state index in [1.807, 2.05) is 0 Å². The van der Waals surface area contributed by atoms with Gasteiger partial charge >= 0.3 is 0 Å². The SMILES string of the molecule is O=C1C(Cl)=C(n2ccnc2)C2(OCCO2)[C@@H]1Cl. The number of Topliss-reactive ketones (excluding diaryl/α,β-unsaturated/α-hetero) is 1. The fourth-order valence-corrected chi connectivity index (χ4v) is 2.80. The average Bonchev–Trinajstić information content (AvgIpc) is 3.01. The van der Waals surface area contributed by atoms with Gasteiger partial charge in [0, 0.05) is 12.4 Å². The van der Waals surface area contributed by atoms with E-state index in [0.29, 0.717) is 18.9 Å². The second-order valence-electron chi connectivity index (χ2n) is 3.72. The minimum absolute atomic E-state index is 0.0323. The number of imidazole rings is 1. The Bertz CT molecular complexity index is 492. The van der Waals surface area contributed by atoms with Crippen molar-refractivity contribution in [2.75, 3.05) is 13.2 Å². The van der Waals surface area contributed by atoms with Crippen molar-refractivity contribution < 1.29 is 14.3 Å². The molecule has 0 aromatic carbocycles. The fourth-order valence-electron chi connectivity index (χ4n) is 2.07.